The second-order valence-electron chi connectivity index (χ2n) is 5.47. The molecular weight excluding hydrogens is 335 g/mol. The van der Waals surface area contributed by atoms with E-state index in [1.165, 1.54) is 12.1 Å². The van der Waals surface area contributed by atoms with Gasteiger partial charge in [0.2, 0.25) is 0 Å². The van der Waals surface area contributed by atoms with E-state index >= 15 is 0 Å². The summed E-state index contributed by atoms with van der Waals surface area (Å²) in [6, 6.07) is 13.6. The SMILES string of the molecule is C/C(=N\NC(=O)COc1ccccc1F)c1ccc(-n2ccnc2)cc1. The van der Waals surface area contributed by atoms with Crippen LogP contribution in [0.25, 0.3) is 5.69 Å². The third kappa shape index (κ3) is 4.32. The van der Waals surface area contributed by atoms with Gasteiger partial charge in [-0.1, -0.05) is 24.3 Å². The van der Waals surface area contributed by atoms with Crippen molar-refractivity contribution in [3.8, 4) is 11.4 Å². The summed E-state index contributed by atoms with van der Waals surface area (Å²) < 4.78 is 20.4. The smallest absolute Gasteiger partial charge is 0.277 e. The van der Waals surface area contributed by atoms with Crippen LogP contribution in [0.3, 0.4) is 0 Å². The second kappa shape index (κ2) is 8.06. The Morgan fingerprint density at radius 1 is 1.23 bits per heavy atom. The van der Waals surface area contributed by atoms with Gasteiger partial charge in [0.05, 0.1) is 12.0 Å². The monoisotopic (exact) mass is 352 g/mol. The Labute approximate surface area is 150 Å². The molecule has 0 bridgehead atoms. The maximum atomic E-state index is 13.4. The van der Waals surface area contributed by atoms with Crippen molar-refractivity contribution in [2.45, 2.75) is 6.92 Å². The molecule has 26 heavy (non-hydrogen) atoms. The molecule has 0 aliphatic carbocycles. The number of rotatable bonds is 6. The minimum absolute atomic E-state index is 0.0263. The number of hydrogen-bond donors (Lipinski definition) is 1. The van der Waals surface area contributed by atoms with Gasteiger partial charge in [-0.2, -0.15) is 5.10 Å². The van der Waals surface area contributed by atoms with Crippen LogP contribution < -0.4 is 10.2 Å². The molecule has 7 heteroatoms. The Kier molecular flexibility index (Phi) is 5.38. The normalized spacial score (nSPS) is 11.2. The van der Waals surface area contributed by atoms with E-state index in [-0.39, 0.29) is 12.4 Å². The van der Waals surface area contributed by atoms with Crippen molar-refractivity contribution in [2.24, 2.45) is 5.10 Å². The molecule has 132 valence electrons. The van der Waals surface area contributed by atoms with Crippen molar-refractivity contribution < 1.29 is 13.9 Å². The minimum Gasteiger partial charge on any atom is -0.481 e. The van der Waals surface area contributed by atoms with E-state index in [0.717, 1.165) is 11.3 Å². The first kappa shape index (κ1) is 17.3. The summed E-state index contributed by atoms with van der Waals surface area (Å²) in [5.74, 6) is -0.959. The number of aromatic nitrogens is 2. The fourth-order valence-corrected chi connectivity index (χ4v) is 2.23. The molecule has 0 radical (unpaired) electrons. The molecule has 1 aromatic heterocycles. The average molecular weight is 352 g/mol. The molecule has 2 aromatic carbocycles. The topological polar surface area (TPSA) is 68.5 Å². The molecule has 0 saturated carbocycles. The van der Waals surface area contributed by atoms with Gasteiger partial charge in [0.15, 0.2) is 18.2 Å². The van der Waals surface area contributed by atoms with E-state index in [9.17, 15) is 9.18 Å². The largest absolute Gasteiger partial charge is 0.481 e. The van der Waals surface area contributed by atoms with Gasteiger partial charge in [-0.05, 0) is 36.8 Å². The van der Waals surface area contributed by atoms with Gasteiger partial charge in [0, 0.05) is 18.1 Å². The number of benzene rings is 2. The van der Waals surface area contributed by atoms with E-state index < -0.39 is 11.7 Å². The highest BCUT2D eigenvalue weighted by atomic mass is 19.1. The van der Waals surface area contributed by atoms with Crippen molar-refractivity contribution in [1.82, 2.24) is 15.0 Å². The van der Waals surface area contributed by atoms with E-state index in [1.54, 1.807) is 31.6 Å². The lowest BCUT2D eigenvalue weighted by atomic mass is 10.1. The molecule has 0 saturated heterocycles. The number of carbonyl (C=O) groups is 1. The summed E-state index contributed by atoms with van der Waals surface area (Å²) in [7, 11) is 0. The van der Waals surface area contributed by atoms with Crippen LogP contribution in [-0.2, 0) is 4.79 Å². The number of hydrogen-bond acceptors (Lipinski definition) is 4. The van der Waals surface area contributed by atoms with Crippen LogP contribution in [0, 0.1) is 5.82 Å². The summed E-state index contributed by atoms with van der Waals surface area (Å²) in [6.45, 7) is 1.46. The average Bonchev–Trinajstić information content (AvgIpc) is 3.20. The zero-order valence-corrected chi connectivity index (χ0v) is 14.1. The number of ether oxygens (including phenoxy) is 1. The summed E-state index contributed by atoms with van der Waals surface area (Å²) in [5, 5.41) is 4.05. The predicted octanol–water partition coefficient (Wildman–Crippen LogP) is 2.93. The van der Waals surface area contributed by atoms with Crippen molar-refractivity contribution in [2.75, 3.05) is 6.61 Å². The van der Waals surface area contributed by atoms with Crippen LogP contribution in [0.1, 0.15) is 12.5 Å². The lowest BCUT2D eigenvalue weighted by Crippen LogP contribution is -2.25. The summed E-state index contributed by atoms with van der Waals surface area (Å²) in [6.07, 6.45) is 5.27. The van der Waals surface area contributed by atoms with E-state index in [0.29, 0.717) is 5.71 Å². The molecule has 0 aliphatic heterocycles. The van der Waals surface area contributed by atoms with Gasteiger partial charge in [-0.3, -0.25) is 4.79 Å². The van der Waals surface area contributed by atoms with Crippen molar-refractivity contribution in [1.29, 1.82) is 0 Å². The summed E-state index contributed by atoms with van der Waals surface area (Å²) in [4.78, 5) is 15.8. The van der Waals surface area contributed by atoms with Crippen LogP contribution in [0.4, 0.5) is 4.39 Å². The molecule has 1 heterocycles. The zero-order chi connectivity index (χ0) is 18.4. The Morgan fingerprint density at radius 3 is 2.69 bits per heavy atom. The van der Waals surface area contributed by atoms with Crippen LogP contribution in [0.5, 0.6) is 5.75 Å². The number of para-hydroxylation sites is 1. The van der Waals surface area contributed by atoms with Crippen molar-refractivity contribution in [3.05, 3.63) is 78.6 Å². The number of nitrogens with one attached hydrogen (secondary N) is 1. The fourth-order valence-electron chi connectivity index (χ4n) is 2.23. The van der Waals surface area contributed by atoms with E-state index in [2.05, 4.69) is 15.5 Å². The maximum absolute atomic E-state index is 13.4. The van der Waals surface area contributed by atoms with Gasteiger partial charge in [-0.15, -0.1) is 0 Å². The lowest BCUT2D eigenvalue weighted by molar-refractivity contribution is -0.123. The molecule has 1 amide bonds. The second-order valence-corrected chi connectivity index (χ2v) is 5.47. The predicted molar refractivity (Wildman–Crippen MR) is 95.8 cm³/mol. The van der Waals surface area contributed by atoms with Gasteiger partial charge in [-0.25, -0.2) is 14.8 Å². The fraction of sp³-hybridized carbons (Fsp3) is 0.105. The molecule has 0 unspecified atom stereocenters. The highest BCUT2D eigenvalue weighted by Gasteiger charge is 2.06. The van der Waals surface area contributed by atoms with Crippen LogP contribution in [0.2, 0.25) is 0 Å². The first-order valence-electron chi connectivity index (χ1n) is 7.93. The lowest BCUT2D eigenvalue weighted by Gasteiger charge is -2.07. The summed E-state index contributed by atoms with van der Waals surface area (Å²) in [5.41, 5.74) is 4.88. The number of hydrazone groups is 1. The maximum Gasteiger partial charge on any atom is 0.277 e. The molecule has 6 nitrogen and oxygen atoms in total. The quantitative estimate of drug-likeness (QED) is 0.548. The van der Waals surface area contributed by atoms with E-state index in [1.807, 2.05) is 35.0 Å². The molecule has 3 aromatic rings. The van der Waals surface area contributed by atoms with Gasteiger partial charge < -0.3 is 9.30 Å². The van der Waals surface area contributed by atoms with Gasteiger partial charge in [0.25, 0.3) is 5.91 Å². The third-order valence-corrected chi connectivity index (χ3v) is 3.63. The Morgan fingerprint density at radius 2 is 2.00 bits per heavy atom. The molecule has 0 spiro atoms. The molecule has 3 rings (SSSR count). The molecule has 0 aliphatic rings. The third-order valence-electron chi connectivity index (χ3n) is 3.63. The van der Waals surface area contributed by atoms with Gasteiger partial charge in [0.1, 0.15) is 0 Å². The molecule has 1 N–H and O–H groups in total. The first-order valence-corrected chi connectivity index (χ1v) is 7.93. The molecule has 0 fully saturated rings. The van der Waals surface area contributed by atoms with Crippen LogP contribution in [0.15, 0.2) is 72.4 Å². The number of nitrogens with zero attached hydrogens (tertiary/aromatic N) is 3. The minimum atomic E-state index is -0.516. The number of imidazole rings is 1. The zero-order valence-electron chi connectivity index (χ0n) is 14.1. The van der Waals surface area contributed by atoms with Crippen molar-refractivity contribution in [3.63, 3.8) is 0 Å². The van der Waals surface area contributed by atoms with E-state index in [4.69, 9.17) is 4.74 Å². The van der Waals surface area contributed by atoms with Crippen LogP contribution >= 0.6 is 0 Å². The molecule has 0 atom stereocenters. The molecular formula is C19H17FN4O2. The van der Waals surface area contributed by atoms with Crippen molar-refractivity contribution >= 4 is 11.6 Å². The number of amides is 1. The van der Waals surface area contributed by atoms with Gasteiger partial charge >= 0.3 is 0 Å². The summed E-state index contributed by atoms with van der Waals surface area (Å²) >= 11 is 0. The first-order chi connectivity index (χ1) is 12.6. The highest BCUT2D eigenvalue weighted by molar-refractivity contribution is 5.99. The van der Waals surface area contributed by atoms with Crippen LogP contribution in [-0.4, -0.2) is 27.8 Å². The number of halogens is 1. The standard InChI is InChI=1S/C19H17FN4O2/c1-14(15-6-8-16(9-7-15)24-11-10-21-13-24)22-23-19(25)12-26-18-5-3-2-4-17(18)20/h2-11,13H,12H2,1H3,(H,23,25)/b22-14+. The Hall–Kier alpha value is -3.48. The Bertz CT molecular complexity index is 906. The number of carbonyl (C=O) groups excluding carboxylic acids is 1. The Balaban J connectivity index is 1.56. The highest BCUT2D eigenvalue weighted by Crippen LogP contribution is 2.15.